The van der Waals surface area contributed by atoms with Crippen molar-refractivity contribution >= 4 is 11.3 Å². The summed E-state index contributed by atoms with van der Waals surface area (Å²) in [7, 11) is 0. The largest absolute Gasteiger partial charge is 0.384 e. The molecule has 1 atom stereocenters. The highest BCUT2D eigenvalue weighted by molar-refractivity contribution is 7.10. The smallest absolute Gasteiger partial charge is 0.243 e. The first kappa shape index (κ1) is 15.2. The summed E-state index contributed by atoms with van der Waals surface area (Å²) in [5.41, 5.74) is 0.969. The molecule has 22 heavy (non-hydrogen) atoms. The van der Waals surface area contributed by atoms with Crippen LogP contribution in [0.5, 0.6) is 0 Å². The number of hydrogen-bond donors (Lipinski definition) is 1. The lowest BCUT2D eigenvalue weighted by molar-refractivity contribution is 0.112. The van der Waals surface area contributed by atoms with E-state index in [1.165, 1.54) is 17.7 Å². The molecule has 2 aromatic heterocycles. The maximum Gasteiger partial charge on any atom is 0.243 e. The summed E-state index contributed by atoms with van der Waals surface area (Å²) in [6.07, 6.45) is 3.45. The molecule has 0 saturated carbocycles. The lowest BCUT2D eigenvalue weighted by Crippen LogP contribution is -2.32. The molecule has 1 unspecified atom stereocenters. The topological polar surface area (TPSA) is 62.4 Å². The van der Waals surface area contributed by atoms with Crippen LogP contribution in [0.25, 0.3) is 0 Å². The van der Waals surface area contributed by atoms with E-state index in [1.54, 1.807) is 11.3 Å². The van der Waals surface area contributed by atoms with Gasteiger partial charge in [0.2, 0.25) is 5.89 Å². The average Bonchev–Trinajstić information content (AvgIpc) is 3.15. The van der Waals surface area contributed by atoms with Crippen LogP contribution < -0.4 is 0 Å². The quantitative estimate of drug-likeness (QED) is 0.881. The second kappa shape index (κ2) is 7.05. The molecule has 6 heteroatoms. The molecule has 3 heterocycles. The summed E-state index contributed by atoms with van der Waals surface area (Å²) in [6.45, 7) is 3.67. The van der Waals surface area contributed by atoms with Gasteiger partial charge in [0.15, 0.2) is 5.82 Å². The van der Waals surface area contributed by atoms with E-state index < -0.39 is 0 Å². The van der Waals surface area contributed by atoms with E-state index in [2.05, 4.69) is 32.9 Å². The van der Waals surface area contributed by atoms with Crippen molar-refractivity contribution in [3.8, 4) is 11.8 Å². The minimum absolute atomic E-state index is 0.101. The Balaban J connectivity index is 1.72. The number of likely N-dealkylation sites (tertiary alicyclic amines) is 1. The van der Waals surface area contributed by atoms with Crippen molar-refractivity contribution in [3.63, 3.8) is 0 Å². The third-order valence-corrected chi connectivity index (χ3v) is 4.69. The highest BCUT2D eigenvalue weighted by Gasteiger charge is 2.28. The van der Waals surface area contributed by atoms with Gasteiger partial charge in [0.05, 0.1) is 6.04 Å². The van der Waals surface area contributed by atoms with E-state index in [9.17, 15) is 0 Å². The van der Waals surface area contributed by atoms with Crippen molar-refractivity contribution in [2.45, 2.75) is 38.8 Å². The SMILES string of the molecule is Cc1noc(C2CCCCN2Cc2cc(C#CCO)cs2)n1. The number of thiophene rings is 1. The maximum atomic E-state index is 8.76. The molecule has 116 valence electrons. The highest BCUT2D eigenvalue weighted by atomic mass is 32.1. The minimum Gasteiger partial charge on any atom is -0.384 e. The van der Waals surface area contributed by atoms with E-state index in [4.69, 9.17) is 9.63 Å². The van der Waals surface area contributed by atoms with Crippen LogP contribution >= 0.6 is 11.3 Å². The van der Waals surface area contributed by atoms with Gasteiger partial charge in [0, 0.05) is 22.4 Å². The van der Waals surface area contributed by atoms with Crippen LogP contribution in [-0.4, -0.2) is 33.3 Å². The fraction of sp³-hybridized carbons (Fsp3) is 0.500. The molecule has 0 bridgehead atoms. The van der Waals surface area contributed by atoms with E-state index in [-0.39, 0.29) is 12.6 Å². The molecule has 0 spiro atoms. The van der Waals surface area contributed by atoms with Gasteiger partial charge < -0.3 is 9.63 Å². The van der Waals surface area contributed by atoms with E-state index >= 15 is 0 Å². The van der Waals surface area contributed by atoms with Crippen LogP contribution in [-0.2, 0) is 6.54 Å². The normalized spacial score (nSPS) is 18.9. The van der Waals surface area contributed by atoms with Gasteiger partial charge in [-0.3, -0.25) is 4.90 Å². The lowest BCUT2D eigenvalue weighted by Gasteiger charge is -2.32. The first-order valence-corrected chi connectivity index (χ1v) is 8.35. The molecular formula is C16H19N3O2S. The summed E-state index contributed by atoms with van der Waals surface area (Å²) < 4.78 is 5.38. The Morgan fingerprint density at radius 1 is 1.50 bits per heavy atom. The predicted molar refractivity (Wildman–Crippen MR) is 84.3 cm³/mol. The second-order valence-electron chi connectivity index (χ2n) is 5.42. The first-order chi connectivity index (χ1) is 10.8. The van der Waals surface area contributed by atoms with Crippen LogP contribution in [0, 0.1) is 18.8 Å². The van der Waals surface area contributed by atoms with Crippen molar-refractivity contribution in [3.05, 3.63) is 33.6 Å². The maximum absolute atomic E-state index is 8.76. The van der Waals surface area contributed by atoms with Crippen molar-refractivity contribution in [2.24, 2.45) is 0 Å². The molecule has 1 fully saturated rings. The monoisotopic (exact) mass is 317 g/mol. The molecule has 1 N–H and O–H groups in total. The van der Waals surface area contributed by atoms with Gasteiger partial charge >= 0.3 is 0 Å². The van der Waals surface area contributed by atoms with Crippen molar-refractivity contribution < 1.29 is 9.63 Å². The van der Waals surface area contributed by atoms with Crippen molar-refractivity contribution in [2.75, 3.05) is 13.2 Å². The molecule has 1 aliphatic heterocycles. The number of piperidine rings is 1. The van der Waals surface area contributed by atoms with Gasteiger partial charge in [-0.25, -0.2) is 0 Å². The van der Waals surface area contributed by atoms with Gasteiger partial charge in [-0.05, 0) is 32.4 Å². The molecular weight excluding hydrogens is 298 g/mol. The number of aliphatic hydroxyl groups excluding tert-OH is 1. The molecule has 3 rings (SSSR count). The summed E-state index contributed by atoms with van der Waals surface area (Å²) in [5.74, 6) is 7.06. The fourth-order valence-electron chi connectivity index (χ4n) is 2.78. The number of aryl methyl sites for hydroxylation is 1. The van der Waals surface area contributed by atoms with Crippen molar-refractivity contribution in [1.29, 1.82) is 0 Å². The van der Waals surface area contributed by atoms with Crippen LogP contribution in [0.3, 0.4) is 0 Å². The van der Waals surface area contributed by atoms with Gasteiger partial charge in [0.1, 0.15) is 6.61 Å². The zero-order valence-corrected chi connectivity index (χ0v) is 13.4. The molecule has 0 radical (unpaired) electrons. The number of nitrogens with zero attached hydrogens (tertiary/aromatic N) is 3. The molecule has 0 amide bonds. The van der Waals surface area contributed by atoms with E-state index in [1.807, 2.05) is 12.3 Å². The molecule has 1 saturated heterocycles. The van der Waals surface area contributed by atoms with E-state index in [0.29, 0.717) is 5.82 Å². The lowest BCUT2D eigenvalue weighted by atomic mass is 10.0. The summed E-state index contributed by atoms with van der Waals surface area (Å²) >= 11 is 1.70. The summed E-state index contributed by atoms with van der Waals surface area (Å²) in [5, 5.41) is 14.7. The zero-order valence-electron chi connectivity index (χ0n) is 12.6. The fourth-order valence-corrected chi connectivity index (χ4v) is 3.62. The van der Waals surface area contributed by atoms with E-state index in [0.717, 1.165) is 31.0 Å². The van der Waals surface area contributed by atoms with Crippen molar-refractivity contribution in [1.82, 2.24) is 15.0 Å². The Morgan fingerprint density at radius 2 is 2.41 bits per heavy atom. The van der Waals surface area contributed by atoms with Crippen LogP contribution in [0.1, 0.15) is 47.5 Å². The second-order valence-corrected chi connectivity index (χ2v) is 6.42. The number of aliphatic hydroxyl groups is 1. The van der Waals surface area contributed by atoms with Gasteiger partial charge in [-0.15, -0.1) is 11.3 Å². The molecule has 0 aromatic carbocycles. The molecule has 5 nitrogen and oxygen atoms in total. The number of aromatic nitrogens is 2. The molecule has 0 aliphatic carbocycles. The molecule has 1 aliphatic rings. The standard InChI is InChI=1S/C16H19N3O2S/c1-12-17-16(21-18-12)15-6-2-3-7-19(15)10-14-9-13(11-22-14)5-4-8-20/h9,11,15,20H,2-3,6-8,10H2,1H3. The Labute approximate surface area is 134 Å². The summed E-state index contributed by atoms with van der Waals surface area (Å²) in [4.78, 5) is 8.08. The Hall–Kier alpha value is -1.68. The predicted octanol–water partition coefficient (Wildman–Crippen LogP) is 2.51. The van der Waals surface area contributed by atoms with Crippen LogP contribution in [0.4, 0.5) is 0 Å². The Bertz CT molecular complexity index is 683. The zero-order chi connectivity index (χ0) is 15.4. The summed E-state index contributed by atoms with van der Waals surface area (Å²) in [6, 6.07) is 2.31. The van der Waals surface area contributed by atoms with Crippen LogP contribution in [0.2, 0.25) is 0 Å². The molecule has 2 aromatic rings. The average molecular weight is 317 g/mol. The van der Waals surface area contributed by atoms with Gasteiger partial charge in [0.25, 0.3) is 0 Å². The van der Waals surface area contributed by atoms with Crippen LogP contribution in [0.15, 0.2) is 16.0 Å². The third kappa shape index (κ3) is 3.55. The Kier molecular flexibility index (Phi) is 4.88. The number of rotatable bonds is 3. The number of hydrogen-bond acceptors (Lipinski definition) is 6. The Morgan fingerprint density at radius 3 is 3.18 bits per heavy atom. The van der Waals surface area contributed by atoms with Gasteiger partial charge in [-0.1, -0.05) is 23.4 Å². The highest BCUT2D eigenvalue weighted by Crippen LogP contribution is 2.32. The first-order valence-electron chi connectivity index (χ1n) is 7.47. The third-order valence-electron chi connectivity index (χ3n) is 3.77. The minimum atomic E-state index is -0.101. The van der Waals surface area contributed by atoms with Gasteiger partial charge in [-0.2, -0.15) is 4.98 Å².